The van der Waals surface area contributed by atoms with Gasteiger partial charge in [-0.1, -0.05) is 51.2 Å². The van der Waals surface area contributed by atoms with E-state index in [-0.39, 0.29) is 0 Å². The minimum Gasteiger partial charge on any atom is -0.0654 e. The molecule has 1 aromatic carbocycles. The van der Waals surface area contributed by atoms with Crippen LogP contribution in [0.5, 0.6) is 0 Å². The van der Waals surface area contributed by atoms with Gasteiger partial charge in [0.25, 0.3) is 0 Å². The average molecular weight is 231 g/mol. The summed E-state index contributed by atoms with van der Waals surface area (Å²) >= 11 is 0. The molecule has 0 nitrogen and oxygen atoms in total. The third-order valence-electron chi connectivity index (χ3n) is 3.64. The summed E-state index contributed by atoms with van der Waals surface area (Å²) in [7, 11) is 0. The highest BCUT2D eigenvalue weighted by molar-refractivity contribution is 5.39. The number of hydrogen-bond acceptors (Lipinski definition) is 0. The normalized spacial score (nSPS) is 10.8. The van der Waals surface area contributed by atoms with Crippen molar-refractivity contribution in [1.29, 1.82) is 0 Å². The van der Waals surface area contributed by atoms with Gasteiger partial charge in [-0.3, -0.25) is 0 Å². The van der Waals surface area contributed by atoms with Gasteiger partial charge < -0.3 is 0 Å². The SMILES string of the molecule is CCCCCCC[CH]c1cc(C)c(C)c(C)c1. The standard InChI is InChI=1S/C17H27/c1-5-6-7-8-9-10-11-17-12-14(2)16(4)15(3)13-17/h11-13H,5-10H2,1-4H3. The molecule has 17 heavy (non-hydrogen) atoms. The van der Waals surface area contributed by atoms with Crippen LogP contribution >= 0.6 is 0 Å². The van der Waals surface area contributed by atoms with Gasteiger partial charge in [-0.25, -0.2) is 0 Å². The Kier molecular flexibility index (Phi) is 6.32. The monoisotopic (exact) mass is 231 g/mol. The van der Waals surface area contributed by atoms with Crippen molar-refractivity contribution in [3.8, 4) is 0 Å². The van der Waals surface area contributed by atoms with Gasteiger partial charge in [-0.15, -0.1) is 0 Å². The summed E-state index contributed by atoms with van der Waals surface area (Å²) in [6, 6.07) is 4.63. The smallest absolute Gasteiger partial charge is 0.00929 e. The first-order valence-electron chi connectivity index (χ1n) is 7.06. The van der Waals surface area contributed by atoms with Crippen LogP contribution in [0.15, 0.2) is 12.1 Å². The van der Waals surface area contributed by atoms with Crippen molar-refractivity contribution in [2.45, 2.75) is 66.2 Å². The lowest BCUT2D eigenvalue weighted by molar-refractivity contribution is 0.631. The first kappa shape index (κ1) is 14.3. The topological polar surface area (TPSA) is 0 Å². The first-order valence-corrected chi connectivity index (χ1v) is 7.06. The van der Waals surface area contributed by atoms with Crippen LogP contribution in [0.4, 0.5) is 0 Å². The molecule has 0 fully saturated rings. The number of benzene rings is 1. The van der Waals surface area contributed by atoms with Crippen molar-refractivity contribution in [2.24, 2.45) is 0 Å². The number of hydrogen-bond donors (Lipinski definition) is 0. The predicted molar refractivity (Wildman–Crippen MR) is 77.4 cm³/mol. The highest BCUT2D eigenvalue weighted by atomic mass is 14.1. The van der Waals surface area contributed by atoms with E-state index in [0.717, 1.165) is 0 Å². The third-order valence-corrected chi connectivity index (χ3v) is 3.64. The maximum atomic E-state index is 2.39. The molecule has 0 N–H and O–H groups in total. The summed E-state index contributed by atoms with van der Waals surface area (Å²) in [5, 5.41) is 0. The Bertz CT molecular complexity index is 313. The molecule has 0 aliphatic rings. The largest absolute Gasteiger partial charge is 0.0654 e. The van der Waals surface area contributed by atoms with Crippen LogP contribution in [0.25, 0.3) is 0 Å². The summed E-state index contributed by atoms with van der Waals surface area (Å²) in [4.78, 5) is 0. The maximum Gasteiger partial charge on any atom is -0.00929 e. The molecule has 0 heteroatoms. The van der Waals surface area contributed by atoms with E-state index >= 15 is 0 Å². The fourth-order valence-electron chi connectivity index (χ4n) is 2.20. The Morgan fingerprint density at radius 3 is 2.06 bits per heavy atom. The molecule has 0 aliphatic heterocycles. The van der Waals surface area contributed by atoms with Crippen LogP contribution in [-0.4, -0.2) is 0 Å². The maximum absolute atomic E-state index is 2.39. The van der Waals surface area contributed by atoms with E-state index in [0.29, 0.717) is 0 Å². The van der Waals surface area contributed by atoms with E-state index in [1.165, 1.54) is 60.8 Å². The molecule has 1 radical (unpaired) electrons. The van der Waals surface area contributed by atoms with Crippen molar-refractivity contribution in [2.75, 3.05) is 0 Å². The van der Waals surface area contributed by atoms with Gasteiger partial charge in [-0.05, 0) is 55.9 Å². The van der Waals surface area contributed by atoms with Crippen LogP contribution in [0.1, 0.15) is 67.7 Å². The molecule has 95 valence electrons. The third kappa shape index (κ3) is 4.93. The van der Waals surface area contributed by atoms with Crippen molar-refractivity contribution in [1.82, 2.24) is 0 Å². The lowest BCUT2D eigenvalue weighted by Gasteiger charge is -2.08. The molecule has 0 aromatic heterocycles. The Morgan fingerprint density at radius 1 is 0.882 bits per heavy atom. The molecule has 0 bridgehead atoms. The molecule has 0 saturated carbocycles. The first-order chi connectivity index (χ1) is 8.15. The van der Waals surface area contributed by atoms with Crippen LogP contribution in [-0.2, 0) is 0 Å². The molecule has 0 saturated heterocycles. The van der Waals surface area contributed by atoms with Crippen molar-refractivity contribution in [3.05, 3.63) is 40.8 Å². The second-order valence-electron chi connectivity index (χ2n) is 5.19. The van der Waals surface area contributed by atoms with E-state index in [4.69, 9.17) is 0 Å². The fourth-order valence-corrected chi connectivity index (χ4v) is 2.20. The van der Waals surface area contributed by atoms with E-state index in [1.807, 2.05) is 0 Å². The summed E-state index contributed by atoms with van der Waals surface area (Å²) < 4.78 is 0. The van der Waals surface area contributed by atoms with Gasteiger partial charge in [-0.2, -0.15) is 0 Å². The van der Waals surface area contributed by atoms with Gasteiger partial charge in [0.15, 0.2) is 0 Å². The quantitative estimate of drug-likeness (QED) is 0.542. The van der Waals surface area contributed by atoms with Gasteiger partial charge in [0.1, 0.15) is 0 Å². The summed E-state index contributed by atoms with van der Waals surface area (Å²) in [6.07, 6.45) is 10.5. The molecular weight excluding hydrogens is 204 g/mol. The minimum atomic E-state index is 1.23. The van der Waals surface area contributed by atoms with E-state index in [1.54, 1.807) is 0 Å². The van der Waals surface area contributed by atoms with Crippen molar-refractivity contribution in [3.63, 3.8) is 0 Å². The number of aryl methyl sites for hydroxylation is 2. The summed E-state index contributed by atoms with van der Waals surface area (Å²) in [5.74, 6) is 0. The van der Waals surface area contributed by atoms with Crippen molar-refractivity contribution < 1.29 is 0 Å². The van der Waals surface area contributed by atoms with Crippen LogP contribution < -0.4 is 0 Å². The lowest BCUT2D eigenvalue weighted by atomic mass is 9.97. The van der Waals surface area contributed by atoms with Gasteiger partial charge in [0, 0.05) is 0 Å². The number of unbranched alkanes of at least 4 members (excludes halogenated alkanes) is 5. The molecule has 1 rings (SSSR count). The minimum absolute atomic E-state index is 1.23. The number of rotatable bonds is 7. The summed E-state index contributed by atoms with van der Waals surface area (Å²) in [5.41, 5.74) is 5.68. The van der Waals surface area contributed by atoms with Gasteiger partial charge in [0.05, 0.1) is 0 Å². The molecule has 1 aromatic rings. The molecule has 0 amide bonds. The second-order valence-corrected chi connectivity index (χ2v) is 5.19. The zero-order chi connectivity index (χ0) is 12.7. The Morgan fingerprint density at radius 2 is 1.47 bits per heavy atom. The molecule has 0 atom stereocenters. The predicted octanol–water partition coefficient (Wildman–Crippen LogP) is 5.52. The molecule has 0 unspecified atom stereocenters. The van der Waals surface area contributed by atoms with E-state index < -0.39 is 0 Å². The Labute approximate surface area is 107 Å². The van der Waals surface area contributed by atoms with E-state index in [9.17, 15) is 0 Å². The van der Waals surface area contributed by atoms with Gasteiger partial charge in [0.2, 0.25) is 0 Å². The average Bonchev–Trinajstić information content (AvgIpc) is 2.30. The van der Waals surface area contributed by atoms with Crippen LogP contribution in [0.2, 0.25) is 0 Å². The Balaban J connectivity index is 2.32. The zero-order valence-electron chi connectivity index (χ0n) is 12.0. The Hall–Kier alpha value is -0.780. The lowest BCUT2D eigenvalue weighted by Crippen LogP contribution is -1.91. The molecule has 0 heterocycles. The van der Waals surface area contributed by atoms with Crippen LogP contribution in [0, 0.1) is 27.2 Å². The highest BCUT2D eigenvalue weighted by Crippen LogP contribution is 2.18. The van der Waals surface area contributed by atoms with Crippen LogP contribution in [0.3, 0.4) is 0 Å². The fraction of sp³-hybridized carbons (Fsp3) is 0.588. The molecule has 0 aliphatic carbocycles. The van der Waals surface area contributed by atoms with E-state index in [2.05, 4.69) is 46.2 Å². The van der Waals surface area contributed by atoms with Crippen molar-refractivity contribution >= 4 is 0 Å². The van der Waals surface area contributed by atoms with Gasteiger partial charge >= 0.3 is 0 Å². The second kappa shape index (κ2) is 7.53. The highest BCUT2D eigenvalue weighted by Gasteiger charge is 2.01. The molecular formula is C17H27. The zero-order valence-corrected chi connectivity index (χ0v) is 12.0. The molecule has 0 spiro atoms. The summed E-state index contributed by atoms with van der Waals surface area (Å²) in [6.45, 7) is 8.89.